The van der Waals surface area contributed by atoms with Gasteiger partial charge >= 0.3 is 0 Å². The first-order valence-corrected chi connectivity index (χ1v) is 8.91. The molecule has 6 nitrogen and oxygen atoms in total. The zero-order valence-corrected chi connectivity index (χ0v) is 15.8. The monoisotopic (exact) mass is 378 g/mol. The van der Waals surface area contributed by atoms with Crippen molar-refractivity contribution in [2.75, 3.05) is 13.6 Å². The van der Waals surface area contributed by atoms with Crippen molar-refractivity contribution in [3.63, 3.8) is 0 Å². The molecule has 1 heterocycles. The molecule has 1 fully saturated rings. The fourth-order valence-corrected chi connectivity index (χ4v) is 3.85. The molecular formula is C19H27ClN4O2. The van der Waals surface area contributed by atoms with Gasteiger partial charge in [0.25, 0.3) is 0 Å². The van der Waals surface area contributed by atoms with Crippen LogP contribution in [0.2, 0.25) is 0 Å². The Morgan fingerprint density at radius 2 is 2.08 bits per heavy atom. The molecule has 0 bridgehead atoms. The average molecular weight is 379 g/mol. The number of aromatic amines is 1. The van der Waals surface area contributed by atoms with Gasteiger partial charge in [-0.1, -0.05) is 24.6 Å². The highest BCUT2D eigenvalue weighted by molar-refractivity contribution is 5.90. The molecule has 3 atom stereocenters. The van der Waals surface area contributed by atoms with Crippen molar-refractivity contribution in [2.45, 2.75) is 31.7 Å². The minimum Gasteiger partial charge on any atom is -0.361 e. The minimum atomic E-state index is -0.587. The second-order valence-corrected chi connectivity index (χ2v) is 6.77. The standard InChI is InChI=1S/C19H26N4O2.ClH/c1-21-19(25)17(23-18(24)15-7-4-5-12(15)10-20)9-13-11-22-16-8-3-2-6-14(13)16;/h2-3,6,8,11-12,15,17,22H,4-5,7,9-10,20H2,1H3,(H,21,25)(H,23,24);1H/t12-,15-,17+;/m1./s1. The average Bonchev–Trinajstić information content (AvgIpc) is 3.27. The fourth-order valence-electron chi connectivity index (χ4n) is 3.85. The Morgan fingerprint density at radius 1 is 1.31 bits per heavy atom. The predicted molar refractivity (Wildman–Crippen MR) is 105 cm³/mol. The zero-order valence-electron chi connectivity index (χ0n) is 15.0. The minimum absolute atomic E-state index is 0. The lowest BCUT2D eigenvalue weighted by molar-refractivity contribution is -0.131. The summed E-state index contributed by atoms with van der Waals surface area (Å²) in [5, 5.41) is 6.69. The molecule has 7 heteroatoms. The van der Waals surface area contributed by atoms with E-state index in [4.69, 9.17) is 5.73 Å². The van der Waals surface area contributed by atoms with Gasteiger partial charge in [-0.15, -0.1) is 12.4 Å². The van der Waals surface area contributed by atoms with Gasteiger partial charge in [0.15, 0.2) is 0 Å². The van der Waals surface area contributed by atoms with Crippen molar-refractivity contribution in [1.82, 2.24) is 15.6 Å². The van der Waals surface area contributed by atoms with Gasteiger partial charge in [0.1, 0.15) is 6.04 Å². The van der Waals surface area contributed by atoms with Gasteiger partial charge in [-0.05, 0) is 36.9 Å². The van der Waals surface area contributed by atoms with Crippen molar-refractivity contribution in [1.29, 1.82) is 0 Å². The van der Waals surface area contributed by atoms with Gasteiger partial charge in [0.05, 0.1) is 0 Å². The van der Waals surface area contributed by atoms with Gasteiger partial charge in [0.2, 0.25) is 11.8 Å². The van der Waals surface area contributed by atoms with Crippen LogP contribution < -0.4 is 16.4 Å². The van der Waals surface area contributed by atoms with E-state index in [0.29, 0.717) is 13.0 Å². The Hall–Kier alpha value is -2.05. The number of nitrogens with one attached hydrogen (secondary N) is 3. The maximum absolute atomic E-state index is 12.7. The van der Waals surface area contributed by atoms with Crippen LogP contribution in [0.3, 0.4) is 0 Å². The number of hydrogen-bond acceptors (Lipinski definition) is 3. The van der Waals surface area contributed by atoms with Gasteiger partial charge < -0.3 is 21.4 Å². The molecule has 0 unspecified atom stereocenters. The van der Waals surface area contributed by atoms with E-state index in [-0.39, 0.29) is 36.1 Å². The van der Waals surface area contributed by atoms with E-state index in [9.17, 15) is 9.59 Å². The van der Waals surface area contributed by atoms with E-state index in [1.54, 1.807) is 7.05 Å². The summed E-state index contributed by atoms with van der Waals surface area (Å²) in [6, 6.07) is 7.36. The molecule has 1 aliphatic rings. The molecule has 1 aromatic heterocycles. The Morgan fingerprint density at radius 3 is 2.81 bits per heavy atom. The lowest BCUT2D eigenvalue weighted by Gasteiger charge is -2.22. The highest BCUT2D eigenvalue weighted by Crippen LogP contribution is 2.31. The van der Waals surface area contributed by atoms with Crippen LogP contribution in [-0.2, 0) is 16.0 Å². The number of halogens is 1. The Labute approximate surface area is 159 Å². The summed E-state index contributed by atoms with van der Waals surface area (Å²) in [6.07, 6.45) is 5.22. The summed E-state index contributed by atoms with van der Waals surface area (Å²) >= 11 is 0. The van der Waals surface area contributed by atoms with Gasteiger partial charge in [-0.3, -0.25) is 9.59 Å². The third-order valence-corrected chi connectivity index (χ3v) is 5.28. The summed E-state index contributed by atoms with van der Waals surface area (Å²) in [7, 11) is 1.59. The number of amides is 2. The van der Waals surface area contributed by atoms with Gasteiger partial charge in [0, 0.05) is 36.5 Å². The van der Waals surface area contributed by atoms with Crippen molar-refractivity contribution < 1.29 is 9.59 Å². The Bertz CT molecular complexity index is 761. The molecule has 26 heavy (non-hydrogen) atoms. The van der Waals surface area contributed by atoms with Crippen molar-refractivity contribution in [3.8, 4) is 0 Å². The van der Waals surface area contributed by atoms with Crippen LogP contribution >= 0.6 is 12.4 Å². The van der Waals surface area contributed by atoms with Gasteiger partial charge in [-0.25, -0.2) is 0 Å². The SMILES string of the molecule is CNC(=O)[C@H](Cc1c[nH]c2ccccc12)NC(=O)[C@@H]1CCC[C@@H]1CN.Cl. The van der Waals surface area contributed by atoms with E-state index >= 15 is 0 Å². The van der Waals surface area contributed by atoms with Crippen molar-refractivity contribution >= 4 is 35.1 Å². The molecule has 142 valence electrons. The normalized spacial score (nSPS) is 20.4. The number of fused-ring (bicyclic) bond motifs is 1. The molecule has 1 aliphatic carbocycles. The van der Waals surface area contributed by atoms with Crippen molar-refractivity contribution in [2.24, 2.45) is 17.6 Å². The predicted octanol–water partition coefficient (Wildman–Crippen LogP) is 1.74. The van der Waals surface area contributed by atoms with E-state index in [1.165, 1.54) is 0 Å². The number of carbonyl (C=O) groups excluding carboxylic acids is 2. The van der Waals surface area contributed by atoms with Gasteiger partial charge in [-0.2, -0.15) is 0 Å². The molecular weight excluding hydrogens is 352 g/mol. The zero-order chi connectivity index (χ0) is 17.8. The lowest BCUT2D eigenvalue weighted by atomic mass is 9.94. The third kappa shape index (κ3) is 4.19. The van der Waals surface area contributed by atoms with E-state index < -0.39 is 6.04 Å². The highest BCUT2D eigenvalue weighted by Gasteiger charge is 2.34. The third-order valence-electron chi connectivity index (χ3n) is 5.28. The van der Waals surface area contributed by atoms with Crippen LogP contribution in [0.1, 0.15) is 24.8 Å². The number of benzene rings is 1. The number of likely N-dealkylation sites (N-methyl/N-ethyl adjacent to an activating group) is 1. The topological polar surface area (TPSA) is 100 Å². The lowest BCUT2D eigenvalue weighted by Crippen LogP contribution is -2.49. The maximum atomic E-state index is 12.7. The molecule has 0 saturated heterocycles. The number of nitrogens with two attached hydrogens (primary N) is 1. The smallest absolute Gasteiger partial charge is 0.242 e. The van der Waals surface area contributed by atoms with Crippen molar-refractivity contribution in [3.05, 3.63) is 36.0 Å². The number of para-hydroxylation sites is 1. The van der Waals surface area contributed by atoms with Crippen LogP contribution in [0, 0.1) is 11.8 Å². The molecule has 3 rings (SSSR count). The molecule has 0 aliphatic heterocycles. The Balaban J connectivity index is 0.00000243. The second-order valence-electron chi connectivity index (χ2n) is 6.77. The Kier molecular flexibility index (Phi) is 7.06. The second kappa shape index (κ2) is 9.05. The molecule has 0 spiro atoms. The number of H-pyrrole nitrogens is 1. The summed E-state index contributed by atoms with van der Waals surface area (Å²) < 4.78 is 0. The summed E-state index contributed by atoms with van der Waals surface area (Å²) in [6.45, 7) is 0.519. The van der Waals surface area contributed by atoms with E-state index in [2.05, 4.69) is 15.6 Å². The first-order chi connectivity index (χ1) is 12.1. The summed E-state index contributed by atoms with van der Waals surface area (Å²) in [5.41, 5.74) is 7.83. The molecule has 5 N–H and O–H groups in total. The molecule has 2 amide bonds. The largest absolute Gasteiger partial charge is 0.361 e. The van der Waals surface area contributed by atoms with Crippen LogP contribution in [0.25, 0.3) is 10.9 Å². The van der Waals surface area contributed by atoms with Crippen LogP contribution in [-0.4, -0.2) is 36.4 Å². The van der Waals surface area contributed by atoms with E-state index in [0.717, 1.165) is 35.7 Å². The summed E-state index contributed by atoms with van der Waals surface area (Å²) in [5.74, 6) is -0.0964. The van der Waals surface area contributed by atoms with Crippen LogP contribution in [0.15, 0.2) is 30.5 Å². The highest BCUT2D eigenvalue weighted by atomic mass is 35.5. The quantitative estimate of drug-likeness (QED) is 0.616. The number of rotatable bonds is 6. The molecule has 1 saturated carbocycles. The number of hydrogen-bond donors (Lipinski definition) is 4. The summed E-state index contributed by atoms with van der Waals surface area (Å²) in [4.78, 5) is 28.2. The molecule has 0 radical (unpaired) electrons. The maximum Gasteiger partial charge on any atom is 0.242 e. The van der Waals surface area contributed by atoms with Crippen LogP contribution in [0.4, 0.5) is 0 Å². The van der Waals surface area contributed by atoms with E-state index in [1.807, 2.05) is 30.5 Å². The molecule has 1 aromatic carbocycles. The first-order valence-electron chi connectivity index (χ1n) is 8.91. The fraction of sp³-hybridized carbons (Fsp3) is 0.474. The number of aromatic nitrogens is 1. The molecule has 2 aromatic rings. The first kappa shape index (κ1) is 20.3. The number of carbonyl (C=O) groups is 2. The van der Waals surface area contributed by atoms with Crippen LogP contribution in [0.5, 0.6) is 0 Å².